The van der Waals surface area contributed by atoms with E-state index >= 15 is 0 Å². The smallest absolute Gasteiger partial charge is 0.123 e. The third-order valence-electron chi connectivity index (χ3n) is 3.87. The Labute approximate surface area is 96.3 Å². The van der Waals surface area contributed by atoms with E-state index in [1.165, 1.54) is 25.0 Å². The predicted octanol–water partition coefficient (Wildman–Crippen LogP) is 3.31. The van der Waals surface area contributed by atoms with Gasteiger partial charge in [-0.2, -0.15) is 0 Å². The van der Waals surface area contributed by atoms with Crippen molar-refractivity contribution >= 4 is 0 Å². The Balaban J connectivity index is 2.04. The molecule has 1 saturated carbocycles. The second kappa shape index (κ2) is 4.54. The molecular weight excluding hydrogens is 203 g/mol. The number of benzene rings is 1. The van der Waals surface area contributed by atoms with Crippen LogP contribution in [0.3, 0.4) is 0 Å². The SMILES string of the molecule is CC1(C(O)Cc2cccc(F)c2)CCCC1. The predicted molar refractivity (Wildman–Crippen MR) is 62.7 cm³/mol. The van der Waals surface area contributed by atoms with E-state index in [1.54, 1.807) is 6.07 Å². The van der Waals surface area contributed by atoms with Gasteiger partial charge in [-0.3, -0.25) is 0 Å². The van der Waals surface area contributed by atoms with Gasteiger partial charge in [0.1, 0.15) is 5.82 Å². The average molecular weight is 222 g/mol. The zero-order chi connectivity index (χ0) is 11.6. The Morgan fingerprint density at radius 1 is 1.38 bits per heavy atom. The Morgan fingerprint density at radius 3 is 2.69 bits per heavy atom. The first-order valence-corrected chi connectivity index (χ1v) is 6.03. The first kappa shape index (κ1) is 11.6. The number of aliphatic hydroxyl groups is 1. The molecule has 2 rings (SSSR count). The van der Waals surface area contributed by atoms with E-state index in [0.29, 0.717) is 6.42 Å². The molecule has 1 unspecified atom stereocenters. The maximum Gasteiger partial charge on any atom is 0.123 e. The Morgan fingerprint density at radius 2 is 2.06 bits per heavy atom. The van der Waals surface area contributed by atoms with Crippen molar-refractivity contribution in [1.82, 2.24) is 0 Å². The molecule has 0 spiro atoms. The Hall–Kier alpha value is -0.890. The molecule has 0 heterocycles. The Bertz CT molecular complexity index is 356. The zero-order valence-electron chi connectivity index (χ0n) is 9.75. The van der Waals surface area contributed by atoms with Crippen molar-refractivity contribution in [2.75, 3.05) is 0 Å². The van der Waals surface area contributed by atoms with Crippen molar-refractivity contribution in [3.05, 3.63) is 35.6 Å². The van der Waals surface area contributed by atoms with Crippen molar-refractivity contribution in [3.63, 3.8) is 0 Å². The van der Waals surface area contributed by atoms with Crippen LogP contribution in [0.1, 0.15) is 38.2 Å². The van der Waals surface area contributed by atoms with Gasteiger partial charge in [-0.15, -0.1) is 0 Å². The standard InChI is InChI=1S/C14H19FO/c1-14(7-2-3-8-14)13(16)10-11-5-4-6-12(15)9-11/h4-6,9,13,16H,2-3,7-8,10H2,1H3. The lowest BCUT2D eigenvalue weighted by Gasteiger charge is -2.30. The van der Waals surface area contributed by atoms with Gasteiger partial charge in [0, 0.05) is 0 Å². The lowest BCUT2D eigenvalue weighted by atomic mass is 9.80. The minimum Gasteiger partial charge on any atom is -0.392 e. The van der Waals surface area contributed by atoms with Gasteiger partial charge in [-0.1, -0.05) is 31.9 Å². The fourth-order valence-corrected chi connectivity index (χ4v) is 2.65. The molecule has 1 fully saturated rings. The van der Waals surface area contributed by atoms with Gasteiger partial charge < -0.3 is 5.11 Å². The van der Waals surface area contributed by atoms with Gasteiger partial charge in [0.05, 0.1) is 6.10 Å². The van der Waals surface area contributed by atoms with E-state index < -0.39 is 0 Å². The van der Waals surface area contributed by atoms with E-state index in [9.17, 15) is 9.50 Å². The molecule has 1 N–H and O–H groups in total. The molecule has 0 bridgehead atoms. The third kappa shape index (κ3) is 2.43. The molecule has 1 atom stereocenters. The van der Waals surface area contributed by atoms with Crippen molar-refractivity contribution in [1.29, 1.82) is 0 Å². The number of aliphatic hydroxyl groups excluding tert-OH is 1. The molecule has 16 heavy (non-hydrogen) atoms. The molecule has 88 valence electrons. The van der Waals surface area contributed by atoms with Crippen LogP contribution < -0.4 is 0 Å². The van der Waals surface area contributed by atoms with Crippen molar-refractivity contribution in [3.8, 4) is 0 Å². The Kier molecular flexibility index (Phi) is 3.29. The van der Waals surface area contributed by atoms with E-state index in [2.05, 4.69) is 6.92 Å². The van der Waals surface area contributed by atoms with Gasteiger partial charge in [0.2, 0.25) is 0 Å². The first-order valence-electron chi connectivity index (χ1n) is 6.03. The summed E-state index contributed by atoms with van der Waals surface area (Å²) in [5.74, 6) is -0.221. The van der Waals surface area contributed by atoms with Crippen LogP contribution in [0.4, 0.5) is 4.39 Å². The minimum atomic E-state index is -0.350. The van der Waals surface area contributed by atoms with E-state index in [0.717, 1.165) is 18.4 Å². The van der Waals surface area contributed by atoms with Gasteiger partial charge in [0.15, 0.2) is 0 Å². The first-order chi connectivity index (χ1) is 7.60. The molecule has 1 aromatic rings. The monoisotopic (exact) mass is 222 g/mol. The van der Waals surface area contributed by atoms with E-state index in [4.69, 9.17) is 0 Å². The van der Waals surface area contributed by atoms with Crippen LogP contribution in [-0.4, -0.2) is 11.2 Å². The second-order valence-corrected chi connectivity index (χ2v) is 5.21. The summed E-state index contributed by atoms with van der Waals surface area (Å²) in [6.45, 7) is 2.14. The van der Waals surface area contributed by atoms with Crippen LogP contribution in [0.15, 0.2) is 24.3 Å². The molecule has 2 heteroatoms. The molecule has 0 radical (unpaired) electrons. The summed E-state index contributed by atoms with van der Waals surface area (Å²) in [5, 5.41) is 10.2. The number of hydrogen-bond donors (Lipinski definition) is 1. The second-order valence-electron chi connectivity index (χ2n) is 5.21. The summed E-state index contributed by atoms with van der Waals surface area (Å²) in [4.78, 5) is 0. The summed E-state index contributed by atoms with van der Waals surface area (Å²) in [6.07, 6.45) is 4.80. The highest BCUT2D eigenvalue weighted by atomic mass is 19.1. The quantitative estimate of drug-likeness (QED) is 0.832. The largest absolute Gasteiger partial charge is 0.392 e. The molecule has 0 aromatic heterocycles. The highest BCUT2D eigenvalue weighted by molar-refractivity contribution is 5.17. The normalized spacial score (nSPS) is 20.9. The van der Waals surface area contributed by atoms with E-state index in [-0.39, 0.29) is 17.3 Å². The molecule has 1 aliphatic carbocycles. The lowest BCUT2D eigenvalue weighted by Crippen LogP contribution is -2.31. The highest BCUT2D eigenvalue weighted by Crippen LogP contribution is 2.41. The number of halogens is 1. The fourth-order valence-electron chi connectivity index (χ4n) is 2.65. The molecule has 1 aromatic carbocycles. The van der Waals surface area contributed by atoms with Crippen LogP contribution >= 0.6 is 0 Å². The number of hydrogen-bond acceptors (Lipinski definition) is 1. The molecule has 0 amide bonds. The van der Waals surface area contributed by atoms with Gasteiger partial charge >= 0.3 is 0 Å². The maximum absolute atomic E-state index is 13.0. The van der Waals surface area contributed by atoms with Gasteiger partial charge in [0.25, 0.3) is 0 Å². The summed E-state index contributed by atoms with van der Waals surface area (Å²) in [7, 11) is 0. The zero-order valence-corrected chi connectivity index (χ0v) is 9.75. The average Bonchev–Trinajstić information content (AvgIpc) is 2.66. The third-order valence-corrected chi connectivity index (χ3v) is 3.87. The molecule has 1 aliphatic rings. The summed E-state index contributed by atoms with van der Waals surface area (Å²) < 4.78 is 13.0. The van der Waals surface area contributed by atoms with Crippen LogP contribution in [0.5, 0.6) is 0 Å². The van der Waals surface area contributed by atoms with Crippen molar-refractivity contribution in [2.45, 2.75) is 45.1 Å². The van der Waals surface area contributed by atoms with Crippen LogP contribution in [-0.2, 0) is 6.42 Å². The van der Waals surface area contributed by atoms with Crippen LogP contribution in [0.2, 0.25) is 0 Å². The molecule has 1 nitrogen and oxygen atoms in total. The minimum absolute atomic E-state index is 0.0340. The fraction of sp³-hybridized carbons (Fsp3) is 0.571. The van der Waals surface area contributed by atoms with Crippen LogP contribution in [0.25, 0.3) is 0 Å². The molecule has 0 saturated heterocycles. The van der Waals surface area contributed by atoms with Crippen LogP contribution in [0, 0.1) is 11.2 Å². The van der Waals surface area contributed by atoms with Gasteiger partial charge in [-0.05, 0) is 42.4 Å². The van der Waals surface area contributed by atoms with Crippen molar-refractivity contribution < 1.29 is 9.50 Å². The summed E-state index contributed by atoms with van der Waals surface area (Å²) in [6, 6.07) is 6.54. The highest BCUT2D eigenvalue weighted by Gasteiger charge is 2.35. The summed E-state index contributed by atoms with van der Waals surface area (Å²) >= 11 is 0. The summed E-state index contributed by atoms with van der Waals surface area (Å²) in [5.41, 5.74) is 0.924. The van der Waals surface area contributed by atoms with E-state index in [1.807, 2.05) is 6.07 Å². The maximum atomic E-state index is 13.0. The lowest BCUT2D eigenvalue weighted by molar-refractivity contribution is 0.0423. The van der Waals surface area contributed by atoms with Crippen molar-refractivity contribution in [2.24, 2.45) is 5.41 Å². The molecule has 0 aliphatic heterocycles. The number of rotatable bonds is 3. The topological polar surface area (TPSA) is 20.2 Å². The molecular formula is C14H19FO. The van der Waals surface area contributed by atoms with Gasteiger partial charge in [-0.25, -0.2) is 4.39 Å².